The van der Waals surface area contributed by atoms with Gasteiger partial charge in [-0.15, -0.1) is 0 Å². The van der Waals surface area contributed by atoms with E-state index in [2.05, 4.69) is 6.92 Å². The maximum Gasteiger partial charge on any atom is 0.124 e. The van der Waals surface area contributed by atoms with Crippen LogP contribution in [0.25, 0.3) is 0 Å². The number of nitrogens with two attached hydrogens (primary N) is 1. The van der Waals surface area contributed by atoms with Gasteiger partial charge >= 0.3 is 0 Å². The first kappa shape index (κ1) is 14.4. The van der Waals surface area contributed by atoms with Crippen LogP contribution < -0.4 is 5.73 Å². The van der Waals surface area contributed by atoms with Gasteiger partial charge in [0.1, 0.15) is 5.82 Å². The second-order valence-corrected chi connectivity index (χ2v) is 4.43. The van der Waals surface area contributed by atoms with Crippen molar-refractivity contribution >= 4 is 11.6 Å². The van der Waals surface area contributed by atoms with Gasteiger partial charge in [-0.1, -0.05) is 31.0 Å². The number of hydrogen-bond acceptors (Lipinski definition) is 2. The lowest BCUT2D eigenvalue weighted by molar-refractivity contribution is 0.124. The number of benzene rings is 1. The van der Waals surface area contributed by atoms with E-state index in [1.54, 1.807) is 6.07 Å². The van der Waals surface area contributed by atoms with Crippen molar-refractivity contribution in [2.45, 2.75) is 32.2 Å². The Morgan fingerprint density at radius 1 is 1.41 bits per heavy atom. The first-order valence-corrected chi connectivity index (χ1v) is 6.31. The Morgan fingerprint density at radius 2 is 2.18 bits per heavy atom. The van der Waals surface area contributed by atoms with Gasteiger partial charge in [0, 0.05) is 24.3 Å². The molecule has 0 saturated carbocycles. The van der Waals surface area contributed by atoms with Gasteiger partial charge in [-0.05, 0) is 30.5 Å². The van der Waals surface area contributed by atoms with Crippen LogP contribution in [0.2, 0.25) is 5.02 Å². The summed E-state index contributed by atoms with van der Waals surface area (Å²) >= 11 is 5.93. The molecule has 0 aliphatic carbocycles. The molecule has 0 bridgehead atoms. The van der Waals surface area contributed by atoms with Gasteiger partial charge < -0.3 is 10.5 Å². The highest BCUT2D eigenvalue weighted by Gasteiger charge is 2.10. The van der Waals surface area contributed by atoms with E-state index in [4.69, 9.17) is 22.1 Å². The first-order chi connectivity index (χ1) is 8.15. The van der Waals surface area contributed by atoms with Crippen LogP contribution in [0, 0.1) is 5.82 Å². The highest BCUT2D eigenvalue weighted by Crippen LogP contribution is 2.24. The summed E-state index contributed by atoms with van der Waals surface area (Å²) in [5.74, 6) is -0.342. The van der Waals surface area contributed by atoms with Crippen molar-refractivity contribution in [3.8, 4) is 0 Å². The third kappa shape index (κ3) is 5.02. The quantitative estimate of drug-likeness (QED) is 0.758. The van der Waals surface area contributed by atoms with E-state index in [1.165, 1.54) is 12.1 Å². The maximum atomic E-state index is 12.9. The molecule has 1 unspecified atom stereocenters. The number of hydrogen-bond donors (Lipinski definition) is 1. The Kier molecular flexibility index (Phi) is 6.48. The van der Waals surface area contributed by atoms with Gasteiger partial charge in [0.05, 0.1) is 0 Å². The summed E-state index contributed by atoms with van der Waals surface area (Å²) in [7, 11) is 0. The summed E-state index contributed by atoms with van der Waals surface area (Å²) in [6, 6.07) is 4.09. The Labute approximate surface area is 107 Å². The standard InChI is InChI=1S/C13H19ClFNO/c1-2-3-7-17-8-6-13(16)11-5-4-10(15)9-12(11)14/h4-5,9,13H,2-3,6-8,16H2,1H3. The van der Waals surface area contributed by atoms with Crippen LogP contribution in [-0.4, -0.2) is 13.2 Å². The molecule has 0 amide bonds. The molecule has 0 aromatic heterocycles. The van der Waals surface area contributed by atoms with Gasteiger partial charge in [0.25, 0.3) is 0 Å². The minimum Gasteiger partial charge on any atom is -0.381 e. The summed E-state index contributed by atoms with van der Waals surface area (Å²) in [4.78, 5) is 0. The first-order valence-electron chi connectivity index (χ1n) is 5.93. The topological polar surface area (TPSA) is 35.2 Å². The zero-order chi connectivity index (χ0) is 12.7. The van der Waals surface area contributed by atoms with Crippen LogP contribution in [0.3, 0.4) is 0 Å². The summed E-state index contributed by atoms with van der Waals surface area (Å²) in [6.45, 7) is 3.49. The molecule has 2 N–H and O–H groups in total. The smallest absolute Gasteiger partial charge is 0.124 e. The normalized spacial score (nSPS) is 12.7. The van der Waals surface area contributed by atoms with Gasteiger partial charge in [-0.25, -0.2) is 4.39 Å². The molecule has 1 rings (SSSR count). The Bertz CT molecular complexity index is 346. The predicted octanol–water partition coefficient (Wildman–Crippen LogP) is 3.69. The molecule has 0 heterocycles. The van der Waals surface area contributed by atoms with Crippen molar-refractivity contribution < 1.29 is 9.13 Å². The third-order valence-electron chi connectivity index (χ3n) is 2.58. The molecule has 1 aromatic rings. The molecule has 1 atom stereocenters. The van der Waals surface area contributed by atoms with Crippen LogP contribution in [-0.2, 0) is 4.74 Å². The number of halogens is 2. The van der Waals surface area contributed by atoms with Crippen molar-refractivity contribution in [3.05, 3.63) is 34.6 Å². The zero-order valence-electron chi connectivity index (χ0n) is 10.1. The average Bonchev–Trinajstić information content (AvgIpc) is 2.28. The molecule has 0 aliphatic heterocycles. The molecule has 4 heteroatoms. The van der Waals surface area contributed by atoms with Crippen LogP contribution in [0.4, 0.5) is 4.39 Å². The fraction of sp³-hybridized carbons (Fsp3) is 0.538. The van der Waals surface area contributed by atoms with E-state index in [0.29, 0.717) is 18.1 Å². The molecule has 17 heavy (non-hydrogen) atoms. The van der Waals surface area contributed by atoms with Crippen LogP contribution in [0.5, 0.6) is 0 Å². The summed E-state index contributed by atoms with van der Waals surface area (Å²) in [5, 5.41) is 0.381. The van der Waals surface area contributed by atoms with Crippen molar-refractivity contribution in [2.75, 3.05) is 13.2 Å². The van der Waals surface area contributed by atoms with E-state index < -0.39 is 0 Å². The van der Waals surface area contributed by atoms with Gasteiger partial charge in [-0.3, -0.25) is 0 Å². The molecule has 0 saturated heterocycles. The van der Waals surface area contributed by atoms with E-state index in [9.17, 15) is 4.39 Å². The van der Waals surface area contributed by atoms with E-state index in [0.717, 1.165) is 25.0 Å². The number of rotatable bonds is 7. The maximum absolute atomic E-state index is 12.9. The zero-order valence-corrected chi connectivity index (χ0v) is 10.8. The van der Waals surface area contributed by atoms with Crippen molar-refractivity contribution in [1.82, 2.24) is 0 Å². The summed E-state index contributed by atoms with van der Waals surface area (Å²) in [5.41, 5.74) is 6.74. The average molecular weight is 260 g/mol. The van der Waals surface area contributed by atoms with Crippen molar-refractivity contribution in [1.29, 1.82) is 0 Å². The Hall–Kier alpha value is -0.640. The van der Waals surface area contributed by atoms with E-state index in [-0.39, 0.29) is 11.9 Å². The minimum absolute atomic E-state index is 0.204. The summed E-state index contributed by atoms with van der Waals surface area (Å²) < 4.78 is 18.3. The monoisotopic (exact) mass is 259 g/mol. The molecule has 2 nitrogen and oxygen atoms in total. The minimum atomic E-state index is -0.342. The predicted molar refractivity (Wildman–Crippen MR) is 68.7 cm³/mol. The molecule has 0 radical (unpaired) electrons. The second-order valence-electron chi connectivity index (χ2n) is 4.03. The van der Waals surface area contributed by atoms with Crippen LogP contribution in [0.15, 0.2) is 18.2 Å². The molecule has 0 aliphatic rings. The van der Waals surface area contributed by atoms with Gasteiger partial charge in [0.2, 0.25) is 0 Å². The fourth-order valence-electron chi connectivity index (χ4n) is 1.52. The molecular weight excluding hydrogens is 241 g/mol. The Balaban J connectivity index is 2.38. The molecular formula is C13H19ClFNO. The molecule has 0 spiro atoms. The second kappa shape index (κ2) is 7.64. The lowest BCUT2D eigenvalue weighted by atomic mass is 10.1. The van der Waals surface area contributed by atoms with E-state index >= 15 is 0 Å². The van der Waals surface area contributed by atoms with Crippen LogP contribution >= 0.6 is 11.6 Å². The highest BCUT2D eigenvalue weighted by atomic mass is 35.5. The number of ether oxygens (including phenoxy) is 1. The Morgan fingerprint density at radius 3 is 2.82 bits per heavy atom. The SMILES string of the molecule is CCCCOCCC(N)c1ccc(F)cc1Cl. The van der Waals surface area contributed by atoms with Gasteiger partial charge in [-0.2, -0.15) is 0 Å². The largest absolute Gasteiger partial charge is 0.381 e. The molecule has 1 aromatic carbocycles. The van der Waals surface area contributed by atoms with Crippen molar-refractivity contribution in [3.63, 3.8) is 0 Å². The van der Waals surface area contributed by atoms with E-state index in [1.807, 2.05) is 0 Å². The highest BCUT2D eigenvalue weighted by molar-refractivity contribution is 6.31. The summed E-state index contributed by atoms with van der Waals surface area (Å²) in [6.07, 6.45) is 2.87. The lowest BCUT2D eigenvalue weighted by Crippen LogP contribution is -2.14. The van der Waals surface area contributed by atoms with Crippen molar-refractivity contribution in [2.24, 2.45) is 5.73 Å². The molecule has 0 fully saturated rings. The van der Waals surface area contributed by atoms with Gasteiger partial charge in [0.15, 0.2) is 0 Å². The lowest BCUT2D eigenvalue weighted by Gasteiger charge is -2.13. The number of unbranched alkanes of at least 4 members (excludes halogenated alkanes) is 1. The molecule has 96 valence electrons. The fourth-order valence-corrected chi connectivity index (χ4v) is 1.82. The van der Waals surface area contributed by atoms with Crippen LogP contribution in [0.1, 0.15) is 37.8 Å². The third-order valence-corrected chi connectivity index (χ3v) is 2.90.